The molecule has 0 N–H and O–H groups in total. The summed E-state index contributed by atoms with van der Waals surface area (Å²) in [5.41, 5.74) is 0.994. The van der Waals surface area contributed by atoms with Gasteiger partial charge in [-0.15, -0.1) is 0 Å². The summed E-state index contributed by atoms with van der Waals surface area (Å²) in [6.45, 7) is 5.88. The quantitative estimate of drug-likeness (QED) is 0.732. The molecule has 0 aliphatic carbocycles. The molecule has 2 aromatic heterocycles. The van der Waals surface area contributed by atoms with Crippen molar-refractivity contribution in [2.75, 3.05) is 0 Å². The fraction of sp³-hybridized carbons (Fsp3) is 0.364. The van der Waals surface area contributed by atoms with Gasteiger partial charge in [-0.2, -0.15) is 0 Å². The van der Waals surface area contributed by atoms with Crippen molar-refractivity contribution < 1.29 is 8.83 Å². The first-order chi connectivity index (χ1) is 6.70. The monoisotopic (exact) mass is 191 g/mol. The van der Waals surface area contributed by atoms with E-state index in [0.717, 1.165) is 23.6 Å². The van der Waals surface area contributed by atoms with Crippen LogP contribution in [0, 0.1) is 13.8 Å². The number of oxazole rings is 1. The van der Waals surface area contributed by atoms with Gasteiger partial charge in [0.2, 0.25) is 0 Å². The van der Waals surface area contributed by atoms with Gasteiger partial charge < -0.3 is 8.83 Å². The zero-order valence-corrected chi connectivity index (χ0v) is 8.63. The van der Waals surface area contributed by atoms with E-state index in [1.807, 2.05) is 26.0 Å². The van der Waals surface area contributed by atoms with Crippen molar-refractivity contribution in [1.29, 1.82) is 0 Å². The Morgan fingerprint density at radius 1 is 1.21 bits per heavy atom. The third-order valence-electron chi connectivity index (χ3n) is 2.18. The van der Waals surface area contributed by atoms with Crippen LogP contribution >= 0.6 is 0 Å². The molecular formula is C11H13NO2. The highest BCUT2D eigenvalue weighted by Crippen LogP contribution is 2.23. The lowest BCUT2D eigenvalue weighted by Gasteiger charge is -1.86. The number of furan rings is 1. The fourth-order valence-corrected chi connectivity index (χ4v) is 1.41. The Balaban J connectivity index is 2.42. The number of aryl methyl sites for hydroxylation is 3. The first-order valence-corrected chi connectivity index (χ1v) is 4.74. The van der Waals surface area contributed by atoms with E-state index in [1.54, 1.807) is 0 Å². The molecule has 2 heterocycles. The van der Waals surface area contributed by atoms with Crippen LogP contribution < -0.4 is 0 Å². The summed E-state index contributed by atoms with van der Waals surface area (Å²) in [6.07, 6.45) is 0.884. The lowest BCUT2D eigenvalue weighted by molar-refractivity contribution is 0.488. The second-order valence-electron chi connectivity index (χ2n) is 3.29. The Morgan fingerprint density at radius 3 is 2.50 bits per heavy atom. The highest BCUT2D eigenvalue weighted by molar-refractivity contribution is 5.45. The normalized spacial score (nSPS) is 10.8. The van der Waals surface area contributed by atoms with Gasteiger partial charge in [0.1, 0.15) is 11.5 Å². The van der Waals surface area contributed by atoms with Crippen LogP contribution in [0.5, 0.6) is 0 Å². The highest BCUT2D eigenvalue weighted by atomic mass is 16.4. The Morgan fingerprint density at radius 2 is 2.00 bits per heavy atom. The van der Waals surface area contributed by atoms with Crippen LogP contribution in [0.15, 0.2) is 21.0 Å². The molecule has 0 aliphatic heterocycles. The van der Waals surface area contributed by atoms with Crippen LogP contribution in [0.2, 0.25) is 0 Å². The fourth-order valence-electron chi connectivity index (χ4n) is 1.41. The van der Waals surface area contributed by atoms with Crippen LogP contribution in [0.4, 0.5) is 0 Å². The summed E-state index contributed by atoms with van der Waals surface area (Å²) in [5.74, 6) is 3.02. The summed E-state index contributed by atoms with van der Waals surface area (Å²) in [6, 6.07) is 3.78. The molecular weight excluding hydrogens is 178 g/mol. The molecule has 0 aromatic carbocycles. The molecule has 0 amide bonds. The standard InChI is InChI=1S/C11H13NO2/c1-4-9-8(3)14-11(12-9)10-6-5-7(2)13-10/h5-6H,4H2,1-3H3. The molecule has 3 heteroatoms. The lowest BCUT2D eigenvalue weighted by Crippen LogP contribution is -1.81. The van der Waals surface area contributed by atoms with E-state index in [0.29, 0.717) is 11.7 Å². The smallest absolute Gasteiger partial charge is 0.263 e. The van der Waals surface area contributed by atoms with Gasteiger partial charge in [0.05, 0.1) is 5.69 Å². The average molecular weight is 191 g/mol. The molecule has 0 atom stereocenters. The predicted octanol–water partition coefficient (Wildman–Crippen LogP) is 3.11. The number of nitrogens with zero attached hydrogens (tertiary/aromatic N) is 1. The molecule has 2 aromatic rings. The lowest BCUT2D eigenvalue weighted by atomic mass is 10.3. The van der Waals surface area contributed by atoms with Gasteiger partial charge in [-0.3, -0.25) is 0 Å². The van der Waals surface area contributed by atoms with Gasteiger partial charge in [0.15, 0.2) is 5.76 Å². The van der Waals surface area contributed by atoms with Crippen molar-refractivity contribution in [2.24, 2.45) is 0 Å². The number of aromatic nitrogens is 1. The SMILES string of the molecule is CCc1nc(-c2ccc(C)o2)oc1C. The van der Waals surface area contributed by atoms with E-state index in [-0.39, 0.29) is 0 Å². The summed E-state index contributed by atoms with van der Waals surface area (Å²) in [4.78, 5) is 4.35. The van der Waals surface area contributed by atoms with Crippen LogP contribution in [0.3, 0.4) is 0 Å². The maximum atomic E-state index is 5.50. The highest BCUT2D eigenvalue weighted by Gasteiger charge is 2.12. The molecule has 0 bridgehead atoms. The number of hydrogen-bond acceptors (Lipinski definition) is 3. The summed E-state index contributed by atoms with van der Waals surface area (Å²) >= 11 is 0. The van der Waals surface area contributed by atoms with Gasteiger partial charge in [0, 0.05) is 0 Å². The largest absolute Gasteiger partial charge is 0.456 e. The summed E-state index contributed by atoms with van der Waals surface area (Å²) in [7, 11) is 0. The van der Waals surface area contributed by atoms with Crippen molar-refractivity contribution in [3.63, 3.8) is 0 Å². The van der Waals surface area contributed by atoms with E-state index in [9.17, 15) is 0 Å². The second-order valence-corrected chi connectivity index (χ2v) is 3.29. The Bertz CT molecular complexity index is 440. The predicted molar refractivity (Wildman–Crippen MR) is 53.1 cm³/mol. The number of hydrogen-bond donors (Lipinski definition) is 0. The maximum absolute atomic E-state index is 5.50. The molecule has 0 fully saturated rings. The van der Waals surface area contributed by atoms with E-state index < -0.39 is 0 Å². The van der Waals surface area contributed by atoms with Crippen LogP contribution in [-0.2, 0) is 6.42 Å². The molecule has 0 radical (unpaired) electrons. The van der Waals surface area contributed by atoms with E-state index in [2.05, 4.69) is 11.9 Å². The van der Waals surface area contributed by atoms with Gasteiger partial charge in [-0.1, -0.05) is 6.92 Å². The minimum atomic E-state index is 0.576. The molecule has 0 unspecified atom stereocenters. The first-order valence-electron chi connectivity index (χ1n) is 4.74. The molecule has 3 nitrogen and oxygen atoms in total. The van der Waals surface area contributed by atoms with Crippen molar-refractivity contribution in [2.45, 2.75) is 27.2 Å². The molecule has 2 rings (SSSR count). The van der Waals surface area contributed by atoms with Crippen LogP contribution in [0.25, 0.3) is 11.7 Å². The molecule has 74 valence electrons. The van der Waals surface area contributed by atoms with Crippen molar-refractivity contribution in [3.8, 4) is 11.7 Å². The zero-order chi connectivity index (χ0) is 10.1. The molecule has 0 aliphatic rings. The third kappa shape index (κ3) is 1.45. The Labute approximate surface area is 82.8 Å². The molecule has 0 saturated carbocycles. The summed E-state index contributed by atoms with van der Waals surface area (Å²) in [5, 5.41) is 0. The Hall–Kier alpha value is -1.51. The third-order valence-corrected chi connectivity index (χ3v) is 2.18. The molecule has 14 heavy (non-hydrogen) atoms. The van der Waals surface area contributed by atoms with Gasteiger partial charge >= 0.3 is 0 Å². The average Bonchev–Trinajstić information content (AvgIpc) is 2.71. The van der Waals surface area contributed by atoms with Gasteiger partial charge in [-0.25, -0.2) is 4.98 Å². The van der Waals surface area contributed by atoms with Crippen molar-refractivity contribution >= 4 is 0 Å². The van der Waals surface area contributed by atoms with Crippen molar-refractivity contribution in [1.82, 2.24) is 4.98 Å². The van der Waals surface area contributed by atoms with Gasteiger partial charge in [-0.05, 0) is 32.4 Å². The minimum Gasteiger partial charge on any atom is -0.456 e. The molecule has 0 saturated heterocycles. The van der Waals surface area contributed by atoms with Crippen LogP contribution in [-0.4, -0.2) is 4.98 Å². The van der Waals surface area contributed by atoms with Gasteiger partial charge in [0.25, 0.3) is 5.89 Å². The zero-order valence-electron chi connectivity index (χ0n) is 8.63. The maximum Gasteiger partial charge on any atom is 0.263 e. The second kappa shape index (κ2) is 3.33. The first kappa shape index (κ1) is 9.06. The van der Waals surface area contributed by atoms with Crippen LogP contribution in [0.1, 0.15) is 24.1 Å². The topological polar surface area (TPSA) is 39.2 Å². The Kier molecular flexibility index (Phi) is 2.15. The van der Waals surface area contributed by atoms with E-state index in [1.165, 1.54) is 0 Å². The van der Waals surface area contributed by atoms with Crippen molar-refractivity contribution in [3.05, 3.63) is 29.3 Å². The molecule has 0 spiro atoms. The minimum absolute atomic E-state index is 0.576. The number of rotatable bonds is 2. The van der Waals surface area contributed by atoms with E-state index in [4.69, 9.17) is 8.83 Å². The summed E-state index contributed by atoms with van der Waals surface area (Å²) < 4.78 is 10.9. The van der Waals surface area contributed by atoms with E-state index >= 15 is 0 Å².